The van der Waals surface area contributed by atoms with Crippen molar-refractivity contribution in [2.75, 3.05) is 12.3 Å². The lowest BCUT2D eigenvalue weighted by atomic mass is 10.1. The quantitative estimate of drug-likeness (QED) is 0.623. The molecule has 136 valence electrons. The van der Waals surface area contributed by atoms with Crippen LogP contribution in [0.5, 0.6) is 17.2 Å². The SMILES string of the molecule is CCOC(=O)C(C)(C)Oc1ccc(Oc2ccc(N)c(C#N)c2)cc1C. The predicted molar refractivity (Wildman–Crippen MR) is 98.2 cm³/mol. The van der Waals surface area contributed by atoms with E-state index in [2.05, 4.69) is 0 Å². The van der Waals surface area contributed by atoms with Gasteiger partial charge in [0.2, 0.25) is 0 Å². The summed E-state index contributed by atoms with van der Waals surface area (Å²) in [5, 5.41) is 9.04. The van der Waals surface area contributed by atoms with Crippen molar-refractivity contribution in [1.82, 2.24) is 0 Å². The van der Waals surface area contributed by atoms with Crippen LogP contribution in [0.4, 0.5) is 5.69 Å². The molecule has 2 N–H and O–H groups in total. The first kappa shape index (κ1) is 19.1. The molecule has 26 heavy (non-hydrogen) atoms. The lowest BCUT2D eigenvalue weighted by Gasteiger charge is -2.25. The number of carbonyl (C=O) groups excluding carboxylic acids is 1. The molecule has 0 amide bonds. The van der Waals surface area contributed by atoms with Crippen LogP contribution in [-0.2, 0) is 9.53 Å². The van der Waals surface area contributed by atoms with Crippen LogP contribution in [0.3, 0.4) is 0 Å². The molecule has 0 fully saturated rings. The van der Waals surface area contributed by atoms with Crippen LogP contribution in [-0.4, -0.2) is 18.2 Å². The molecule has 0 aliphatic carbocycles. The zero-order valence-corrected chi connectivity index (χ0v) is 15.3. The molecule has 0 spiro atoms. The highest BCUT2D eigenvalue weighted by atomic mass is 16.6. The van der Waals surface area contributed by atoms with E-state index >= 15 is 0 Å². The molecule has 6 heteroatoms. The molecule has 0 saturated heterocycles. The van der Waals surface area contributed by atoms with Crippen molar-refractivity contribution < 1.29 is 19.0 Å². The highest BCUT2D eigenvalue weighted by molar-refractivity contribution is 5.79. The summed E-state index contributed by atoms with van der Waals surface area (Å²) in [4.78, 5) is 12.0. The summed E-state index contributed by atoms with van der Waals surface area (Å²) >= 11 is 0. The average Bonchev–Trinajstić information content (AvgIpc) is 2.59. The van der Waals surface area contributed by atoms with Crippen LogP contribution in [0.25, 0.3) is 0 Å². The third kappa shape index (κ3) is 4.45. The monoisotopic (exact) mass is 354 g/mol. The summed E-state index contributed by atoms with van der Waals surface area (Å²) in [6, 6.07) is 12.2. The number of nitrogens with two attached hydrogens (primary N) is 1. The predicted octanol–water partition coefficient (Wildman–Crippen LogP) is 3.96. The normalized spacial score (nSPS) is 10.7. The van der Waals surface area contributed by atoms with Crippen molar-refractivity contribution in [3.8, 4) is 23.3 Å². The number of nitrogen functional groups attached to an aromatic ring is 1. The molecule has 2 aromatic rings. The topological polar surface area (TPSA) is 94.6 Å². The van der Waals surface area contributed by atoms with Gasteiger partial charge in [0.25, 0.3) is 0 Å². The van der Waals surface area contributed by atoms with Crippen molar-refractivity contribution in [3.05, 3.63) is 47.5 Å². The number of nitriles is 1. The van der Waals surface area contributed by atoms with Gasteiger partial charge in [-0.2, -0.15) is 5.26 Å². The molecule has 0 aliphatic heterocycles. The first-order valence-electron chi connectivity index (χ1n) is 8.21. The summed E-state index contributed by atoms with van der Waals surface area (Å²) in [6.07, 6.45) is 0. The van der Waals surface area contributed by atoms with E-state index in [-0.39, 0.29) is 0 Å². The summed E-state index contributed by atoms with van der Waals surface area (Å²) in [7, 11) is 0. The highest BCUT2D eigenvalue weighted by Crippen LogP contribution is 2.30. The van der Waals surface area contributed by atoms with E-state index in [1.807, 2.05) is 13.0 Å². The average molecular weight is 354 g/mol. The maximum atomic E-state index is 12.0. The van der Waals surface area contributed by atoms with Crippen LogP contribution in [0.1, 0.15) is 31.9 Å². The fraction of sp³-hybridized carbons (Fsp3) is 0.300. The Bertz CT molecular complexity index is 853. The molecule has 0 heterocycles. The van der Waals surface area contributed by atoms with E-state index in [0.717, 1.165) is 5.56 Å². The fourth-order valence-electron chi connectivity index (χ4n) is 2.25. The third-order valence-electron chi connectivity index (χ3n) is 3.66. The number of carbonyl (C=O) groups is 1. The van der Waals surface area contributed by atoms with Crippen molar-refractivity contribution in [1.29, 1.82) is 5.26 Å². The molecule has 0 aromatic heterocycles. The van der Waals surface area contributed by atoms with Crippen LogP contribution >= 0.6 is 0 Å². The van der Waals surface area contributed by atoms with Crippen molar-refractivity contribution >= 4 is 11.7 Å². The first-order chi connectivity index (χ1) is 12.3. The molecular weight excluding hydrogens is 332 g/mol. The van der Waals surface area contributed by atoms with E-state index in [9.17, 15) is 4.79 Å². The Morgan fingerprint density at radius 2 is 1.85 bits per heavy atom. The van der Waals surface area contributed by atoms with Gasteiger partial charge in [-0.05, 0) is 63.6 Å². The summed E-state index contributed by atoms with van der Waals surface area (Å²) in [5.41, 5.74) is 6.18. The van der Waals surface area contributed by atoms with Crippen molar-refractivity contribution in [3.63, 3.8) is 0 Å². The Balaban J connectivity index is 2.17. The minimum absolute atomic E-state index is 0.295. The molecule has 0 unspecified atom stereocenters. The first-order valence-corrected chi connectivity index (χ1v) is 8.21. The minimum atomic E-state index is -1.10. The second kappa shape index (κ2) is 7.79. The van der Waals surface area contributed by atoms with Crippen LogP contribution in [0, 0.1) is 18.3 Å². The number of rotatable bonds is 6. The molecule has 6 nitrogen and oxygen atoms in total. The van der Waals surface area contributed by atoms with Crippen molar-refractivity contribution in [2.45, 2.75) is 33.3 Å². The number of anilines is 1. The molecule has 0 atom stereocenters. The van der Waals surface area contributed by atoms with Gasteiger partial charge in [-0.3, -0.25) is 0 Å². The maximum Gasteiger partial charge on any atom is 0.349 e. The molecule has 0 saturated carbocycles. The standard InChI is InChI=1S/C20H22N2O4/c1-5-24-19(23)20(3,4)26-18-9-7-15(10-13(18)2)25-16-6-8-17(22)14(11-16)12-21/h6-11H,5,22H2,1-4H3. The number of esters is 1. The van der Waals surface area contributed by atoms with E-state index in [1.165, 1.54) is 0 Å². The molecule has 0 aliphatic rings. The Hall–Kier alpha value is -3.20. The summed E-state index contributed by atoms with van der Waals surface area (Å²) in [5.74, 6) is 1.23. The van der Waals surface area contributed by atoms with Crippen molar-refractivity contribution in [2.24, 2.45) is 0 Å². The number of hydrogen-bond acceptors (Lipinski definition) is 6. The molecular formula is C20H22N2O4. The summed E-state index contributed by atoms with van der Waals surface area (Å²) < 4.78 is 16.6. The van der Waals surface area contributed by atoms with Gasteiger partial charge in [0.05, 0.1) is 12.2 Å². The van der Waals surface area contributed by atoms with Crippen LogP contribution in [0.15, 0.2) is 36.4 Å². The number of hydrogen-bond donors (Lipinski definition) is 1. The molecule has 0 radical (unpaired) electrons. The van der Waals surface area contributed by atoms with Gasteiger partial charge in [0.1, 0.15) is 23.3 Å². The second-order valence-electron chi connectivity index (χ2n) is 6.22. The van der Waals surface area contributed by atoms with Gasteiger partial charge in [0, 0.05) is 11.8 Å². The van der Waals surface area contributed by atoms with E-state index in [4.69, 9.17) is 25.2 Å². The Morgan fingerprint density at radius 3 is 2.46 bits per heavy atom. The van der Waals surface area contributed by atoms with Gasteiger partial charge >= 0.3 is 5.97 Å². The fourth-order valence-corrected chi connectivity index (χ4v) is 2.25. The van der Waals surface area contributed by atoms with Gasteiger partial charge in [0.15, 0.2) is 5.60 Å². The van der Waals surface area contributed by atoms with Gasteiger partial charge in [-0.25, -0.2) is 4.79 Å². The highest BCUT2D eigenvalue weighted by Gasteiger charge is 2.32. The molecule has 2 aromatic carbocycles. The van der Waals surface area contributed by atoms with Gasteiger partial charge in [-0.1, -0.05) is 0 Å². The van der Waals surface area contributed by atoms with E-state index in [0.29, 0.717) is 35.1 Å². The number of ether oxygens (including phenoxy) is 3. The minimum Gasteiger partial charge on any atom is -0.476 e. The number of benzene rings is 2. The Labute approximate surface area is 153 Å². The van der Waals surface area contributed by atoms with Gasteiger partial charge < -0.3 is 19.9 Å². The molecule has 0 bridgehead atoms. The zero-order valence-electron chi connectivity index (χ0n) is 15.3. The van der Waals surface area contributed by atoms with E-state index < -0.39 is 11.6 Å². The smallest absolute Gasteiger partial charge is 0.349 e. The zero-order chi connectivity index (χ0) is 19.3. The number of nitrogens with zero attached hydrogens (tertiary/aromatic N) is 1. The lowest BCUT2D eigenvalue weighted by Crippen LogP contribution is -2.39. The van der Waals surface area contributed by atoms with E-state index in [1.54, 1.807) is 57.2 Å². The van der Waals surface area contributed by atoms with Crippen LogP contribution in [0.2, 0.25) is 0 Å². The second-order valence-corrected chi connectivity index (χ2v) is 6.22. The summed E-state index contributed by atoms with van der Waals surface area (Å²) in [6.45, 7) is 7.22. The van der Waals surface area contributed by atoms with Crippen LogP contribution < -0.4 is 15.2 Å². The Morgan fingerprint density at radius 1 is 1.19 bits per heavy atom. The number of aryl methyl sites for hydroxylation is 1. The third-order valence-corrected chi connectivity index (χ3v) is 3.66. The maximum absolute atomic E-state index is 12.0. The molecule has 2 rings (SSSR count). The Kier molecular flexibility index (Phi) is 5.73. The largest absolute Gasteiger partial charge is 0.476 e. The van der Waals surface area contributed by atoms with Gasteiger partial charge in [-0.15, -0.1) is 0 Å². The lowest BCUT2D eigenvalue weighted by molar-refractivity contribution is -0.158.